The number of carbonyl (C=O) groups excluding carboxylic acids is 1. The molecule has 0 spiro atoms. The van der Waals surface area contributed by atoms with Gasteiger partial charge in [-0.25, -0.2) is 22.7 Å². The van der Waals surface area contributed by atoms with E-state index in [1.165, 1.54) is 30.1 Å². The van der Waals surface area contributed by atoms with Gasteiger partial charge >= 0.3 is 0 Å². The molecular formula is C13H19N3O4S. The van der Waals surface area contributed by atoms with Gasteiger partial charge in [0, 0.05) is 25.6 Å². The van der Waals surface area contributed by atoms with Crippen molar-refractivity contribution in [3.8, 4) is 5.88 Å². The number of hydrogen-bond acceptors (Lipinski definition) is 6. The van der Waals surface area contributed by atoms with Crippen LogP contribution in [0, 0.1) is 5.92 Å². The quantitative estimate of drug-likeness (QED) is 0.744. The van der Waals surface area contributed by atoms with Gasteiger partial charge in [0.05, 0.1) is 13.4 Å². The number of methoxy groups -OCH3 is 1. The summed E-state index contributed by atoms with van der Waals surface area (Å²) in [5, 5.41) is 0. The molecule has 0 saturated carbocycles. The molecule has 8 heteroatoms. The zero-order valence-corrected chi connectivity index (χ0v) is 13.0. The zero-order valence-electron chi connectivity index (χ0n) is 12.2. The van der Waals surface area contributed by atoms with Crippen LogP contribution in [0.4, 0.5) is 0 Å². The lowest BCUT2D eigenvalue weighted by molar-refractivity contribution is 0.0936. The van der Waals surface area contributed by atoms with Gasteiger partial charge in [-0.2, -0.15) is 0 Å². The smallest absolute Gasteiger partial charge is 0.216 e. The molecule has 1 aromatic heterocycles. The molecule has 2 rings (SSSR count). The van der Waals surface area contributed by atoms with Crippen LogP contribution in [-0.2, 0) is 10.0 Å². The topological polar surface area (TPSA) is 89.5 Å². The third-order valence-electron chi connectivity index (χ3n) is 3.56. The molecule has 1 fully saturated rings. The lowest BCUT2D eigenvalue weighted by Gasteiger charge is -2.30. The fraction of sp³-hybridized carbons (Fsp3) is 0.615. The van der Waals surface area contributed by atoms with Crippen LogP contribution in [-0.4, -0.2) is 54.9 Å². The monoisotopic (exact) mass is 313 g/mol. The van der Waals surface area contributed by atoms with E-state index in [0.29, 0.717) is 24.7 Å². The fourth-order valence-electron chi connectivity index (χ4n) is 2.47. The molecule has 1 aliphatic heterocycles. The van der Waals surface area contributed by atoms with Gasteiger partial charge in [0.15, 0.2) is 5.78 Å². The molecule has 0 N–H and O–H groups in total. The highest BCUT2D eigenvalue weighted by atomic mass is 32.2. The molecule has 2 heterocycles. The first kappa shape index (κ1) is 15.8. The maximum Gasteiger partial charge on any atom is 0.216 e. The van der Waals surface area contributed by atoms with Gasteiger partial charge < -0.3 is 4.74 Å². The van der Waals surface area contributed by atoms with E-state index in [4.69, 9.17) is 4.74 Å². The zero-order chi connectivity index (χ0) is 15.5. The van der Waals surface area contributed by atoms with E-state index < -0.39 is 10.0 Å². The van der Waals surface area contributed by atoms with Gasteiger partial charge in [0.25, 0.3) is 0 Å². The number of piperidine rings is 1. The van der Waals surface area contributed by atoms with E-state index >= 15 is 0 Å². The van der Waals surface area contributed by atoms with Crippen molar-refractivity contribution in [2.45, 2.75) is 19.3 Å². The Hall–Kier alpha value is -1.54. The standard InChI is InChI=1S/C13H19N3O4S/c1-20-13-7-11(14-9-15-13)12(17)6-10-4-3-5-16(8-10)21(2,18)19/h7,9-10H,3-6,8H2,1-2H3. The van der Waals surface area contributed by atoms with Crippen LogP contribution in [0.1, 0.15) is 29.8 Å². The summed E-state index contributed by atoms with van der Waals surface area (Å²) in [6.07, 6.45) is 4.40. The minimum Gasteiger partial charge on any atom is -0.481 e. The molecular weight excluding hydrogens is 294 g/mol. The van der Waals surface area contributed by atoms with E-state index in [1.807, 2.05) is 0 Å². The summed E-state index contributed by atoms with van der Waals surface area (Å²) in [6, 6.07) is 1.50. The Kier molecular flexibility index (Phi) is 4.89. The third-order valence-corrected chi connectivity index (χ3v) is 4.83. The van der Waals surface area contributed by atoms with Gasteiger partial charge in [0.2, 0.25) is 15.9 Å². The molecule has 0 bridgehead atoms. The molecule has 0 radical (unpaired) electrons. The van der Waals surface area contributed by atoms with Crippen molar-refractivity contribution in [3.05, 3.63) is 18.1 Å². The van der Waals surface area contributed by atoms with Crippen molar-refractivity contribution in [3.63, 3.8) is 0 Å². The minimum atomic E-state index is -3.19. The largest absolute Gasteiger partial charge is 0.481 e. The fourth-order valence-corrected chi connectivity index (χ4v) is 3.41. The Morgan fingerprint density at radius 1 is 1.48 bits per heavy atom. The highest BCUT2D eigenvalue weighted by Gasteiger charge is 2.27. The Morgan fingerprint density at radius 2 is 2.24 bits per heavy atom. The average Bonchev–Trinajstić information content (AvgIpc) is 2.46. The van der Waals surface area contributed by atoms with E-state index in [0.717, 1.165) is 12.8 Å². The predicted molar refractivity (Wildman–Crippen MR) is 76.7 cm³/mol. The number of ketones is 1. The molecule has 7 nitrogen and oxygen atoms in total. The second-order valence-electron chi connectivity index (χ2n) is 5.20. The Bertz CT molecular complexity index is 618. The van der Waals surface area contributed by atoms with Gasteiger partial charge in [-0.15, -0.1) is 0 Å². The van der Waals surface area contributed by atoms with E-state index in [1.54, 1.807) is 0 Å². The summed E-state index contributed by atoms with van der Waals surface area (Å²) in [5.41, 5.74) is 0.304. The molecule has 1 aromatic rings. The summed E-state index contributed by atoms with van der Waals surface area (Å²) in [4.78, 5) is 20.0. The number of Topliss-reactive ketones (excluding diaryl/α,β-unsaturated/α-hetero) is 1. The van der Waals surface area contributed by atoms with Crippen LogP contribution in [0.15, 0.2) is 12.4 Å². The summed E-state index contributed by atoms with van der Waals surface area (Å²) in [6.45, 7) is 0.928. The molecule has 1 saturated heterocycles. The first-order valence-electron chi connectivity index (χ1n) is 6.74. The SMILES string of the molecule is COc1cc(C(=O)CC2CCCN(S(C)(=O)=O)C2)ncn1. The van der Waals surface area contributed by atoms with Crippen LogP contribution in [0.3, 0.4) is 0 Å². The van der Waals surface area contributed by atoms with E-state index in [9.17, 15) is 13.2 Å². The lowest BCUT2D eigenvalue weighted by atomic mass is 9.93. The highest BCUT2D eigenvalue weighted by Crippen LogP contribution is 2.23. The normalized spacial score (nSPS) is 20.2. The molecule has 116 valence electrons. The summed E-state index contributed by atoms with van der Waals surface area (Å²) < 4.78 is 29.6. The van der Waals surface area contributed by atoms with Gasteiger partial charge in [-0.3, -0.25) is 4.79 Å². The van der Waals surface area contributed by atoms with Crippen molar-refractivity contribution in [1.82, 2.24) is 14.3 Å². The van der Waals surface area contributed by atoms with Gasteiger partial charge in [-0.1, -0.05) is 0 Å². The van der Waals surface area contributed by atoms with Crippen molar-refractivity contribution < 1.29 is 17.9 Å². The Balaban J connectivity index is 2.02. The maximum absolute atomic E-state index is 12.2. The number of hydrogen-bond donors (Lipinski definition) is 0. The lowest BCUT2D eigenvalue weighted by Crippen LogP contribution is -2.39. The molecule has 1 unspecified atom stereocenters. The van der Waals surface area contributed by atoms with Crippen molar-refractivity contribution in [2.24, 2.45) is 5.92 Å². The van der Waals surface area contributed by atoms with Crippen molar-refractivity contribution in [2.75, 3.05) is 26.5 Å². The van der Waals surface area contributed by atoms with Crippen LogP contribution < -0.4 is 4.74 Å². The summed E-state index contributed by atoms with van der Waals surface area (Å²) in [7, 11) is -1.72. The van der Waals surface area contributed by atoms with Gasteiger partial charge in [0.1, 0.15) is 12.0 Å². The first-order chi connectivity index (χ1) is 9.90. The number of sulfonamides is 1. The molecule has 21 heavy (non-hydrogen) atoms. The second-order valence-corrected chi connectivity index (χ2v) is 7.18. The average molecular weight is 313 g/mol. The molecule has 0 aliphatic carbocycles. The number of nitrogens with zero attached hydrogens (tertiary/aromatic N) is 3. The van der Waals surface area contributed by atoms with E-state index in [-0.39, 0.29) is 18.1 Å². The summed E-state index contributed by atoms with van der Waals surface area (Å²) >= 11 is 0. The second kappa shape index (κ2) is 6.48. The highest BCUT2D eigenvalue weighted by molar-refractivity contribution is 7.88. The van der Waals surface area contributed by atoms with Gasteiger partial charge in [-0.05, 0) is 18.8 Å². The number of rotatable bonds is 5. The van der Waals surface area contributed by atoms with Crippen molar-refractivity contribution >= 4 is 15.8 Å². The predicted octanol–water partition coefficient (Wildman–Crippen LogP) is 0.730. The van der Waals surface area contributed by atoms with Crippen LogP contribution in [0.25, 0.3) is 0 Å². The number of aromatic nitrogens is 2. The summed E-state index contributed by atoms with van der Waals surface area (Å²) in [5.74, 6) is 0.257. The Morgan fingerprint density at radius 3 is 2.90 bits per heavy atom. The first-order valence-corrected chi connectivity index (χ1v) is 8.59. The van der Waals surface area contributed by atoms with Crippen LogP contribution >= 0.6 is 0 Å². The van der Waals surface area contributed by atoms with Crippen LogP contribution in [0.2, 0.25) is 0 Å². The van der Waals surface area contributed by atoms with E-state index in [2.05, 4.69) is 9.97 Å². The molecule has 0 amide bonds. The van der Waals surface area contributed by atoms with Crippen LogP contribution in [0.5, 0.6) is 5.88 Å². The minimum absolute atomic E-state index is 0.0296. The number of carbonyl (C=O) groups is 1. The maximum atomic E-state index is 12.2. The molecule has 1 aliphatic rings. The molecule has 1 atom stereocenters. The van der Waals surface area contributed by atoms with Crippen molar-refractivity contribution in [1.29, 1.82) is 0 Å². The molecule has 0 aromatic carbocycles. The Labute approximate surface area is 124 Å². The third kappa shape index (κ3) is 4.21. The number of ether oxygens (including phenoxy) is 1.